The Morgan fingerprint density at radius 1 is 1.15 bits per heavy atom. The fraction of sp³-hybridized carbons (Fsp3) is 0.214. The van der Waals surface area contributed by atoms with Crippen molar-refractivity contribution in [2.45, 2.75) is 19.6 Å². The van der Waals surface area contributed by atoms with Crippen molar-refractivity contribution >= 4 is 5.69 Å². The average molecular weight is 284 g/mol. The molecule has 0 saturated carbocycles. The van der Waals surface area contributed by atoms with Gasteiger partial charge in [-0.3, -0.25) is 4.98 Å². The molecule has 0 amide bonds. The van der Waals surface area contributed by atoms with E-state index in [-0.39, 0.29) is 12.1 Å². The predicted octanol–water partition coefficient (Wildman–Crippen LogP) is 4.16. The van der Waals surface area contributed by atoms with E-state index in [0.29, 0.717) is 11.3 Å². The monoisotopic (exact) mass is 284 g/mol. The summed E-state index contributed by atoms with van der Waals surface area (Å²) in [7, 11) is 0. The van der Waals surface area contributed by atoms with Gasteiger partial charge in [0.1, 0.15) is 5.82 Å². The molecular weight excluding hydrogens is 272 g/mol. The van der Waals surface area contributed by atoms with E-state index >= 15 is 0 Å². The first-order valence-corrected chi connectivity index (χ1v) is 5.87. The van der Waals surface area contributed by atoms with Crippen molar-refractivity contribution in [2.24, 2.45) is 0 Å². The van der Waals surface area contributed by atoms with E-state index in [2.05, 4.69) is 10.3 Å². The van der Waals surface area contributed by atoms with Crippen molar-refractivity contribution in [3.8, 4) is 0 Å². The Bertz CT molecular complexity index is 608. The molecule has 0 spiro atoms. The summed E-state index contributed by atoms with van der Waals surface area (Å²) in [5.41, 5.74) is 0.363. The van der Waals surface area contributed by atoms with Gasteiger partial charge in [0.05, 0.1) is 11.8 Å². The van der Waals surface area contributed by atoms with Crippen LogP contribution in [0.2, 0.25) is 0 Å². The van der Waals surface area contributed by atoms with Crippen LogP contribution in [0.25, 0.3) is 0 Å². The van der Waals surface area contributed by atoms with Gasteiger partial charge in [-0.05, 0) is 36.2 Å². The molecule has 6 heteroatoms. The Kier molecular flexibility index (Phi) is 3.92. The van der Waals surface area contributed by atoms with Crippen molar-refractivity contribution in [3.63, 3.8) is 0 Å². The van der Waals surface area contributed by atoms with Gasteiger partial charge in [-0.15, -0.1) is 0 Å². The average Bonchev–Trinajstić information content (AvgIpc) is 2.36. The van der Waals surface area contributed by atoms with Gasteiger partial charge in [-0.25, -0.2) is 4.39 Å². The summed E-state index contributed by atoms with van der Waals surface area (Å²) < 4.78 is 51.2. The zero-order chi connectivity index (χ0) is 14.8. The standard InChI is InChI=1S/C14H12F4N2/c1-9-2-3-12(5-13(9)14(16,17)18)20-7-10-4-11(15)8-19-6-10/h2-6,8,20H,7H2,1H3. The lowest BCUT2D eigenvalue weighted by atomic mass is 10.1. The van der Waals surface area contributed by atoms with Gasteiger partial charge in [0.25, 0.3) is 0 Å². The fourth-order valence-electron chi connectivity index (χ4n) is 1.79. The van der Waals surface area contributed by atoms with E-state index < -0.39 is 17.6 Å². The van der Waals surface area contributed by atoms with Crippen LogP contribution in [0.5, 0.6) is 0 Å². The number of anilines is 1. The van der Waals surface area contributed by atoms with E-state index in [1.165, 1.54) is 25.3 Å². The van der Waals surface area contributed by atoms with E-state index in [1.54, 1.807) is 6.07 Å². The Hall–Kier alpha value is -2.11. The Morgan fingerprint density at radius 2 is 1.90 bits per heavy atom. The van der Waals surface area contributed by atoms with Gasteiger partial charge >= 0.3 is 6.18 Å². The fourth-order valence-corrected chi connectivity index (χ4v) is 1.79. The number of hydrogen-bond donors (Lipinski definition) is 1. The molecule has 0 fully saturated rings. The third-order valence-corrected chi connectivity index (χ3v) is 2.80. The van der Waals surface area contributed by atoms with Crippen molar-refractivity contribution < 1.29 is 17.6 Å². The molecule has 1 aromatic heterocycles. The topological polar surface area (TPSA) is 24.9 Å². The molecule has 0 aliphatic carbocycles. The second-order valence-corrected chi connectivity index (χ2v) is 4.39. The van der Waals surface area contributed by atoms with Gasteiger partial charge in [0, 0.05) is 18.4 Å². The molecule has 106 valence electrons. The molecule has 2 nitrogen and oxygen atoms in total. The van der Waals surface area contributed by atoms with Crippen molar-refractivity contribution in [3.05, 3.63) is 59.2 Å². The van der Waals surface area contributed by atoms with Gasteiger partial charge in [-0.2, -0.15) is 13.2 Å². The molecule has 0 unspecified atom stereocenters. The molecule has 20 heavy (non-hydrogen) atoms. The number of hydrogen-bond acceptors (Lipinski definition) is 2. The zero-order valence-corrected chi connectivity index (χ0v) is 10.6. The smallest absolute Gasteiger partial charge is 0.381 e. The molecule has 2 aromatic rings. The second kappa shape index (κ2) is 5.48. The second-order valence-electron chi connectivity index (χ2n) is 4.39. The van der Waals surface area contributed by atoms with Gasteiger partial charge in [0.2, 0.25) is 0 Å². The highest BCUT2D eigenvalue weighted by atomic mass is 19.4. The molecule has 1 aromatic carbocycles. The quantitative estimate of drug-likeness (QED) is 0.856. The first-order chi connectivity index (χ1) is 9.36. The third-order valence-electron chi connectivity index (χ3n) is 2.80. The van der Waals surface area contributed by atoms with E-state index in [1.807, 2.05) is 0 Å². The summed E-state index contributed by atoms with van der Waals surface area (Å²) >= 11 is 0. The third kappa shape index (κ3) is 3.46. The van der Waals surface area contributed by atoms with Crippen molar-refractivity contribution in [1.29, 1.82) is 0 Å². The molecule has 0 saturated heterocycles. The molecule has 1 N–H and O–H groups in total. The molecule has 0 aliphatic rings. The van der Waals surface area contributed by atoms with Crippen molar-refractivity contribution in [2.75, 3.05) is 5.32 Å². The minimum Gasteiger partial charge on any atom is -0.381 e. The number of nitrogens with zero attached hydrogens (tertiary/aromatic N) is 1. The van der Waals surface area contributed by atoms with Gasteiger partial charge in [0.15, 0.2) is 0 Å². The first-order valence-electron chi connectivity index (χ1n) is 5.87. The lowest BCUT2D eigenvalue weighted by Gasteiger charge is -2.13. The van der Waals surface area contributed by atoms with Crippen LogP contribution < -0.4 is 5.32 Å². The summed E-state index contributed by atoms with van der Waals surface area (Å²) in [6, 6.07) is 5.27. The summed E-state index contributed by atoms with van der Waals surface area (Å²) in [6.07, 6.45) is -1.87. The maximum atomic E-state index is 12.9. The number of benzene rings is 1. The Labute approximate surface area is 113 Å². The predicted molar refractivity (Wildman–Crippen MR) is 67.7 cm³/mol. The number of nitrogens with one attached hydrogen (secondary N) is 1. The minimum atomic E-state index is -4.39. The van der Waals surface area contributed by atoms with Crippen molar-refractivity contribution in [1.82, 2.24) is 4.98 Å². The highest BCUT2D eigenvalue weighted by Crippen LogP contribution is 2.33. The first kappa shape index (κ1) is 14.3. The summed E-state index contributed by atoms with van der Waals surface area (Å²) in [5, 5.41) is 2.82. The molecule has 2 rings (SSSR count). The van der Waals surface area contributed by atoms with Crippen LogP contribution in [-0.2, 0) is 12.7 Å². The summed E-state index contributed by atoms with van der Waals surface area (Å²) in [6.45, 7) is 1.61. The molecule has 0 atom stereocenters. The molecule has 1 heterocycles. The summed E-state index contributed by atoms with van der Waals surface area (Å²) in [5.74, 6) is -0.482. The van der Waals surface area contributed by atoms with Crippen LogP contribution in [0.15, 0.2) is 36.7 Å². The number of aryl methyl sites for hydroxylation is 1. The lowest BCUT2D eigenvalue weighted by Crippen LogP contribution is -2.09. The Morgan fingerprint density at radius 3 is 2.55 bits per heavy atom. The highest BCUT2D eigenvalue weighted by Gasteiger charge is 2.32. The zero-order valence-electron chi connectivity index (χ0n) is 10.6. The van der Waals surface area contributed by atoms with E-state index in [9.17, 15) is 17.6 Å². The highest BCUT2D eigenvalue weighted by molar-refractivity contribution is 5.49. The Balaban J connectivity index is 2.14. The maximum Gasteiger partial charge on any atom is 0.416 e. The molecular formula is C14H12F4N2. The van der Waals surface area contributed by atoms with Gasteiger partial charge < -0.3 is 5.32 Å². The lowest BCUT2D eigenvalue weighted by molar-refractivity contribution is -0.138. The van der Waals surface area contributed by atoms with Crippen LogP contribution in [0.1, 0.15) is 16.7 Å². The van der Waals surface area contributed by atoms with Crippen LogP contribution >= 0.6 is 0 Å². The molecule has 0 aliphatic heterocycles. The number of aromatic nitrogens is 1. The number of alkyl halides is 3. The van der Waals surface area contributed by atoms with Crippen LogP contribution in [-0.4, -0.2) is 4.98 Å². The molecule has 0 bridgehead atoms. The minimum absolute atomic E-state index is 0.162. The SMILES string of the molecule is Cc1ccc(NCc2cncc(F)c2)cc1C(F)(F)F. The summed E-state index contributed by atoms with van der Waals surface area (Å²) in [4.78, 5) is 3.67. The number of pyridine rings is 1. The number of halogens is 4. The molecule has 0 radical (unpaired) electrons. The number of rotatable bonds is 3. The van der Waals surface area contributed by atoms with Gasteiger partial charge in [-0.1, -0.05) is 6.07 Å². The van der Waals surface area contributed by atoms with Crippen LogP contribution in [0.4, 0.5) is 23.2 Å². The maximum absolute atomic E-state index is 12.9. The van der Waals surface area contributed by atoms with Crippen LogP contribution in [0, 0.1) is 12.7 Å². The normalized spacial score (nSPS) is 11.4. The van der Waals surface area contributed by atoms with E-state index in [4.69, 9.17) is 0 Å². The van der Waals surface area contributed by atoms with Crippen LogP contribution in [0.3, 0.4) is 0 Å². The van der Waals surface area contributed by atoms with E-state index in [0.717, 1.165) is 12.3 Å². The largest absolute Gasteiger partial charge is 0.416 e.